The number of amides is 3. The first-order chi connectivity index (χ1) is 12.2. The highest BCUT2D eigenvalue weighted by molar-refractivity contribution is 5.95. The van der Waals surface area contributed by atoms with Crippen molar-refractivity contribution in [1.29, 1.82) is 0 Å². The topological polar surface area (TPSA) is 74.6 Å². The van der Waals surface area contributed by atoms with Crippen LogP contribution in [0.15, 0.2) is 47.1 Å². The number of hydrogen-bond donors (Lipinski definition) is 2. The van der Waals surface area contributed by atoms with Crippen molar-refractivity contribution in [2.24, 2.45) is 0 Å². The number of urea groups is 1. The van der Waals surface area contributed by atoms with Gasteiger partial charge in [-0.1, -0.05) is 18.2 Å². The molecule has 1 aliphatic heterocycles. The molecule has 0 spiro atoms. The highest BCUT2D eigenvalue weighted by Crippen LogP contribution is 2.27. The summed E-state index contributed by atoms with van der Waals surface area (Å²) in [6.45, 7) is 1.75. The fourth-order valence-electron chi connectivity index (χ4n) is 2.99. The molecule has 1 aromatic carbocycles. The van der Waals surface area contributed by atoms with Crippen LogP contribution in [0.5, 0.6) is 0 Å². The van der Waals surface area contributed by atoms with Crippen molar-refractivity contribution >= 4 is 17.6 Å². The van der Waals surface area contributed by atoms with Gasteiger partial charge in [-0.15, -0.1) is 0 Å². The molecule has 0 saturated carbocycles. The van der Waals surface area contributed by atoms with Crippen molar-refractivity contribution < 1.29 is 14.0 Å². The molecule has 25 heavy (non-hydrogen) atoms. The number of fused-ring (bicyclic) bond motifs is 1. The quantitative estimate of drug-likeness (QED) is 0.760. The summed E-state index contributed by atoms with van der Waals surface area (Å²) in [5.41, 5.74) is 2.25. The zero-order valence-electron chi connectivity index (χ0n) is 14.2. The summed E-state index contributed by atoms with van der Waals surface area (Å²) >= 11 is 0. The molecule has 3 rings (SSSR count). The maximum Gasteiger partial charge on any atom is 0.314 e. The first kappa shape index (κ1) is 17.1. The second kappa shape index (κ2) is 8.37. The number of hydrogen-bond acceptors (Lipinski definition) is 3. The molecule has 2 aromatic rings. The number of para-hydroxylation sites is 1. The highest BCUT2D eigenvalue weighted by Gasteiger charge is 2.23. The monoisotopic (exact) mass is 341 g/mol. The standard InChI is InChI=1S/C19H23N3O3/c23-18(22-13-10-15-5-1-2-7-17(15)22)8-3-11-20-19(24)21-12-9-16-6-4-14-25-16/h1-2,4-7,14H,3,8-13H2,(H2,20,21,24). The molecular weight excluding hydrogens is 318 g/mol. The number of anilines is 1. The second-order valence-electron chi connectivity index (χ2n) is 6.04. The lowest BCUT2D eigenvalue weighted by atomic mass is 10.2. The van der Waals surface area contributed by atoms with Crippen molar-refractivity contribution in [3.05, 3.63) is 54.0 Å². The van der Waals surface area contributed by atoms with Gasteiger partial charge in [0.1, 0.15) is 5.76 Å². The first-order valence-electron chi connectivity index (χ1n) is 8.66. The summed E-state index contributed by atoms with van der Waals surface area (Å²) < 4.78 is 5.20. The van der Waals surface area contributed by atoms with Gasteiger partial charge in [-0.05, 0) is 36.6 Å². The molecule has 0 unspecified atom stereocenters. The van der Waals surface area contributed by atoms with E-state index in [9.17, 15) is 9.59 Å². The van der Waals surface area contributed by atoms with Crippen LogP contribution in [0.1, 0.15) is 24.2 Å². The summed E-state index contributed by atoms with van der Waals surface area (Å²) in [4.78, 5) is 25.9. The van der Waals surface area contributed by atoms with Crippen LogP contribution in [0, 0.1) is 0 Å². The molecule has 0 atom stereocenters. The molecule has 0 fully saturated rings. The fraction of sp³-hybridized carbons (Fsp3) is 0.368. The summed E-state index contributed by atoms with van der Waals surface area (Å²) in [7, 11) is 0. The van der Waals surface area contributed by atoms with Gasteiger partial charge in [-0.3, -0.25) is 4.79 Å². The minimum atomic E-state index is -0.217. The highest BCUT2D eigenvalue weighted by atomic mass is 16.3. The van der Waals surface area contributed by atoms with Crippen molar-refractivity contribution in [2.75, 3.05) is 24.5 Å². The number of carbonyl (C=O) groups is 2. The smallest absolute Gasteiger partial charge is 0.314 e. The lowest BCUT2D eigenvalue weighted by Gasteiger charge is -2.17. The Morgan fingerprint density at radius 1 is 1.08 bits per heavy atom. The molecular formula is C19H23N3O3. The predicted molar refractivity (Wildman–Crippen MR) is 95.5 cm³/mol. The first-order valence-corrected chi connectivity index (χ1v) is 8.66. The van der Waals surface area contributed by atoms with Crippen LogP contribution in [0.25, 0.3) is 0 Å². The van der Waals surface area contributed by atoms with Gasteiger partial charge in [0.05, 0.1) is 6.26 Å². The number of nitrogens with one attached hydrogen (secondary N) is 2. The van der Waals surface area contributed by atoms with Crippen molar-refractivity contribution in [3.63, 3.8) is 0 Å². The Labute approximate surface area is 147 Å². The third kappa shape index (κ3) is 4.62. The Kier molecular flexibility index (Phi) is 5.72. The van der Waals surface area contributed by atoms with Gasteiger partial charge in [0.25, 0.3) is 0 Å². The van der Waals surface area contributed by atoms with Crippen LogP contribution in [-0.4, -0.2) is 31.6 Å². The van der Waals surface area contributed by atoms with Gasteiger partial charge in [0, 0.05) is 38.2 Å². The SMILES string of the molecule is O=C(NCCCC(=O)N1CCc2ccccc21)NCCc1ccco1. The zero-order chi connectivity index (χ0) is 17.5. The van der Waals surface area contributed by atoms with Crippen LogP contribution in [0.2, 0.25) is 0 Å². The number of furan rings is 1. The largest absolute Gasteiger partial charge is 0.469 e. The zero-order valence-corrected chi connectivity index (χ0v) is 14.2. The third-order valence-electron chi connectivity index (χ3n) is 4.28. The molecule has 6 heteroatoms. The average molecular weight is 341 g/mol. The maximum absolute atomic E-state index is 12.3. The van der Waals surface area contributed by atoms with Crippen LogP contribution in [-0.2, 0) is 17.6 Å². The Bertz CT molecular complexity index is 712. The number of nitrogens with zero attached hydrogens (tertiary/aromatic N) is 1. The van der Waals surface area contributed by atoms with Crippen LogP contribution in [0.4, 0.5) is 10.5 Å². The molecule has 0 radical (unpaired) electrons. The fourth-order valence-corrected chi connectivity index (χ4v) is 2.99. The van der Waals surface area contributed by atoms with Gasteiger partial charge < -0.3 is 20.0 Å². The van der Waals surface area contributed by atoms with E-state index in [2.05, 4.69) is 16.7 Å². The second-order valence-corrected chi connectivity index (χ2v) is 6.04. The normalized spacial score (nSPS) is 12.7. The van der Waals surface area contributed by atoms with Crippen LogP contribution in [0.3, 0.4) is 0 Å². The maximum atomic E-state index is 12.3. The van der Waals surface area contributed by atoms with Crippen molar-refractivity contribution in [3.8, 4) is 0 Å². The van der Waals surface area contributed by atoms with E-state index in [1.165, 1.54) is 5.56 Å². The number of carbonyl (C=O) groups excluding carboxylic acids is 2. The van der Waals surface area contributed by atoms with E-state index in [1.54, 1.807) is 6.26 Å². The van der Waals surface area contributed by atoms with Gasteiger partial charge in [0.15, 0.2) is 0 Å². The third-order valence-corrected chi connectivity index (χ3v) is 4.28. The molecule has 2 N–H and O–H groups in total. The van der Waals surface area contributed by atoms with E-state index in [-0.39, 0.29) is 11.9 Å². The van der Waals surface area contributed by atoms with Gasteiger partial charge in [-0.2, -0.15) is 0 Å². The Morgan fingerprint density at radius 3 is 2.76 bits per heavy atom. The van der Waals surface area contributed by atoms with Gasteiger partial charge in [-0.25, -0.2) is 4.79 Å². The molecule has 0 saturated heterocycles. The van der Waals surface area contributed by atoms with E-state index < -0.39 is 0 Å². The average Bonchev–Trinajstić information content (AvgIpc) is 3.28. The lowest BCUT2D eigenvalue weighted by Crippen LogP contribution is -2.37. The minimum Gasteiger partial charge on any atom is -0.469 e. The Morgan fingerprint density at radius 2 is 1.92 bits per heavy atom. The predicted octanol–water partition coefficient (Wildman–Crippen LogP) is 2.49. The summed E-state index contributed by atoms with van der Waals surface area (Å²) in [6.07, 6.45) is 4.25. The molecule has 0 aliphatic carbocycles. The number of rotatable bonds is 7. The van der Waals surface area contributed by atoms with Crippen LogP contribution >= 0.6 is 0 Å². The molecule has 2 heterocycles. The summed E-state index contributed by atoms with van der Waals surface area (Å²) in [6, 6.07) is 11.5. The Balaban J connectivity index is 1.30. The molecule has 1 aromatic heterocycles. The van der Waals surface area contributed by atoms with Gasteiger partial charge in [0.2, 0.25) is 5.91 Å². The van der Waals surface area contributed by atoms with Gasteiger partial charge >= 0.3 is 6.03 Å². The van der Waals surface area contributed by atoms with E-state index in [4.69, 9.17) is 4.42 Å². The molecule has 3 amide bonds. The molecule has 132 valence electrons. The molecule has 0 bridgehead atoms. The van der Waals surface area contributed by atoms with Crippen molar-refractivity contribution in [1.82, 2.24) is 10.6 Å². The van der Waals surface area contributed by atoms with Crippen LogP contribution < -0.4 is 15.5 Å². The summed E-state index contributed by atoms with van der Waals surface area (Å²) in [5, 5.41) is 5.55. The van der Waals surface area contributed by atoms with E-state index >= 15 is 0 Å². The van der Waals surface area contributed by atoms with Crippen molar-refractivity contribution in [2.45, 2.75) is 25.7 Å². The number of benzene rings is 1. The minimum absolute atomic E-state index is 0.116. The van der Waals surface area contributed by atoms with E-state index in [0.717, 1.165) is 24.4 Å². The summed E-state index contributed by atoms with van der Waals surface area (Å²) in [5.74, 6) is 0.960. The van der Waals surface area contributed by atoms with E-state index in [1.807, 2.05) is 35.2 Å². The Hall–Kier alpha value is -2.76. The van der Waals surface area contributed by atoms with E-state index in [0.29, 0.717) is 32.4 Å². The lowest BCUT2D eigenvalue weighted by molar-refractivity contribution is -0.118. The molecule has 6 nitrogen and oxygen atoms in total. The molecule has 1 aliphatic rings.